The molecule has 1 aliphatic carbocycles. The van der Waals surface area contributed by atoms with Crippen LogP contribution < -0.4 is 0 Å². The molecular weight excluding hydrogens is 1490 g/mol. The van der Waals surface area contributed by atoms with Crippen LogP contribution in [-0.2, 0) is 70.7 Å². The van der Waals surface area contributed by atoms with E-state index in [4.69, 9.17) is 46.9 Å². The molecule has 18 unspecified atom stereocenters. The first-order valence-electron chi connectivity index (χ1n) is 46.3. The molecule has 0 radical (unpaired) electrons. The first-order valence-corrected chi connectivity index (χ1v) is 47.8. The van der Waals surface area contributed by atoms with Gasteiger partial charge in [-0.25, -0.2) is 4.57 Å². The summed E-state index contributed by atoms with van der Waals surface area (Å²) in [6.45, 7) is 5.61. The van der Waals surface area contributed by atoms with Crippen molar-refractivity contribution in [2.24, 2.45) is 0 Å². The van der Waals surface area contributed by atoms with Gasteiger partial charge in [0.15, 0.2) is 24.8 Å². The van der Waals surface area contributed by atoms with Gasteiger partial charge in [-0.3, -0.25) is 28.2 Å². The SMILES string of the molecule is CCCCCCCCCCCCCCCCCCC(=O)OC1C(O)C(O)C(OC2OC(CO)C(O)C(O)C2O)C(OP(=O)(O)OCC(COC(=O)CCCCCCCCCCCCCCC)OC(=O)CCCCCCCCCCCCCCC)C1OC1OC(COC(=O)CCCCCCCCCCCCCCC)C(O)C(O)C1O. The van der Waals surface area contributed by atoms with Crippen LogP contribution in [0.2, 0.25) is 0 Å². The van der Waals surface area contributed by atoms with E-state index in [9.17, 15) is 74.6 Å². The van der Waals surface area contributed by atoms with Gasteiger partial charge in [0, 0.05) is 25.7 Å². The highest BCUT2D eigenvalue weighted by Gasteiger charge is 2.60. The van der Waals surface area contributed by atoms with Crippen molar-refractivity contribution in [3.05, 3.63) is 0 Å². The Kier molecular flexibility index (Phi) is 63.1. The molecule has 0 spiro atoms. The highest BCUT2D eigenvalue weighted by molar-refractivity contribution is 7.47. The Hall–Kier alpha value is -2.53. The van der Waals surface area contributed by atoms with Gasteiger partial charge in [-0.1, -0.05) is 355 Å². The number of unbranched alkanes of at least 4 members (excludes halogenated alkanes) is 51. The van der Waals surface area contributed by atoms with E-state index in [1.807, 2.05) is 0 Å². The number of aliphatic hydroxyl groups excluding tert-OH is 9. The standard InChI is InChI=1S/C88H165O25P/c1-5-9-13-17-21-25-29-33-34-35-39-43-47-51-55-59-63-74(93)110-83-79(98)80(99)84(111-87-81(100)77(96)75(94)69(64-89)108-87)86(85(83)112-88-82(101)78(97)76(95)70(109-88)67-105-72(91)61-57-53-49-45-41-37-31-27-23-19-15-11-7-3)113-114(102,103)106-66-68(107-73(92)62-58-54-50-46-42-38-32-28-24-20-16-12-8-4)65-104-71(90)60-56-52-48-44-40-36-30-26-22-18-14-10-6-2/h68-70,75-89,94-101H,5-67H2,1-4H3,(H,102,103). The molecule has 2 heterocycles. The minimum atomic E-state index is -5.80. The number of carbonyl (C=O) groups is 4. The molecule has 1 saturated carbocycles. The third-order valence-corrected chi connectivity index (χ3v) is 23.8. The number of aliphatic hydroxyl groups is 9. The summed E-state index contributed by atoms with van der Waals surface area (Å²) in [5.74, 6) is -2.94. The number of esters is 4. The average molecular weight is 1650 g/mol. The zero-order valence-corrected chi connectivity index (χ0v) is 72.3. The van der Waals surface area contributed by atoms with Gasteiger partial charge in [0.25, 0.3) is 0 Å². The van der Waals surface area contributed by atoms with Gasteiger partial charge >= 0.3 is 31.7 Å². The molecule has 2 saturated heterocycles. The van der Waals surface area contributed by atoms with Gasteiger partial charge in [-0.15, -0.1) is 0 Å². The van der Waals surface area contributed by atoms with Crippen LogP contribution in [0.25, 0.3) is 0 Å². The van der Waals surface area contributed by atoms with Crippen LogP contribution in [0.15, 0.2) is 0 Å². The van der Waals surface area contributed by atoms with E-state index in [0.717, 1.165) is 128 Å². The van der Waals surface area contributed by atoms with Crippen LogP contribution in [0, 0.1) is 0 Å². The fourth-order valence-electron chi connectivity index (χ4n) is 15.5. The summed E-state index contributed by atoms with van der Waals surface area (Å²) in [5, 5.41) is 102. The summed E-state index contributed by atoms with van der Waals surface area (Å²) in [5.41, 5.74) is 0. The Balaban J connectivity index is 1.92. The van der Waals surface area contributed by atoms with Crippen molar-refractivity contribution in [3.8, 4) is 0 Å². The lowest BCUT2D eigenvalue weighted by atomic mass is 9.84. The molecular formula is C88H165O25P. The molecule has 10 N–H and O–H groups in total. The van der Waals surface area contributed by atoms with Crippen molar-refractivity contribution in [1.29, 1.82) is 0 Å². The van der Waals surface area contributed by atoms with Gasteiger partial charge in [0.1, 0.15) is 92.6 Å². The van der Waals surface area contributed by atoms with Crippen LogP contribution in [0.3, 0.4) is 0 Å². The number of hydrogen-bond donors (Lipinski definition) is 10. The molecule has 18 atom stereocenters. The minimum Gasteiger partial charge on any atom is -0.463 e. The molecule has 25 nitrogen and oxygen atoms in total. The largest absolute Gasteiger partial charge is 0.472 e. The molecule has 3 rings (SSSR count). The average Bonchev–Trinajstić information content (AvgIpc) is 0.754. The highest BCUT2D eigenvalue weighted by Crippen LogP contribution is 2.49. The number of hydrogen-bond acceptors (Lipinski definition) is 24. The molecule has 26 heteroatoms. The van der Waals surface area contributed by atoms with Gasteiger partial charge in [0.2, 0.25) is 0 Å². The summed E-state index contributed by atoms with van der Waals surface area (Å²) in [7, 11) is -5.80. The van der Waals surface area contributed by atoms with Crippen molar-refractivity contribution >= 4 is 31.7 Å². The van der Waals surface area contributed by atoms with E-state index in [1.54, 1.807) is 0 Å². The number of rotatable bonds is 75. The first kappa shape index (κ1) is 106. The lowest BCUT2D eigenvalue weighted by Crippen LogP contribution is -2.70. The van der Waals surface area contributed by atoms with Crippen molar-refractivity contribution in [2.75, 3.05) is 26.4 Å². The molecule has 114 heavy (non-hydrogen) atoms. The summed E-state index contributed by atoms with van der Waals surface area (Å²) < 4.78 is 73.4. The van der Waals surface area contributed by atoms with E-state index in [-0.39, 0.29) is 25.7 Å². The second kappa shape index (κ2) is 68.1. The van der Waals surface area contributed by atoms with Crippen molar-refractivity contribution in [2.45, 2.75) is 511 Å². The molecule has 0 aromatic heterocycles. The highest BCUT2D eigenvalue weighted by atomic mass is 31.2. The lowest BCUT2D eigenvalue weighted by molar-refractivity contribution is -0.360. The first-order chi connectivity index (χ1) is 55.2. The van der Waals surface area contributed by atoms with Crippen molar-refractivity contribution in [1.82, 2.24) is 0 Å². The Morgan fingerprint density at radius 3 is 0.956 bits per heavy atom. The summed E-state index contributed by atoms with van der Waals surface area (Å²) in [6.07, 6.45) is 23.9. The predicted molar refractivity (Wildman–Crippen MR) is 440 cm³/mol. The van der Waals surface area contributed by atoms with E-state index in [0.29, 0.717) is 32.1 Å². The maximum atomic E-state index is 14.9. The Morgan fingerprint density at radius 2 is 0.605 bits per heavy atom. The smallest absolute Gasteiger partial charge is 0.463 e. The topological polar surface area (TPSA) is 380 Å². The summed E-state index contributed by atoms with van der Waals surface area (Å²) in [6, 6.07) is 0. The molecule has 0 aromatic rings. The normalized spacial score (nSPS) is 25.3. The molecule has 0 bridgehead atoms. The van der Waals surface area contributed by atoms with Crippen LogP contribution in [-0.4, -0.2) is 205 Å². The van der Waals surface area contributed by atoms with E-state index in [1.165, 1.54) is 193 Å². The van der Waals surface area contributed by atoms with Gasteiger partial charge in [0.05, 0.1) is 13.2 Å². The Bertz CT molecular complexity index is 2380. The quantitative estimate of drug-likeness (QED) is 0.0117. The molecule has 2 aliphatic heterocycles. The fourth-order valence-corrected chi connectivity index (χ4v) is 16.5. The zero-order chi connectivity index (χ0) is 83.2. The second-order valence-corrected chi connectivity index (χ2v) is 34.6. The van der Waals surface area contributed by atoms with E-state index in [2.05, 4.69) is 27.7 Å². The Morgan fingerprint density at radius 1 is 0.316 bits per heavy atom. The van der Waals surface area contributed by atoms with Gasteiger partial charge in [-0.05, 0) is 25.7 Å². The number of carbonyl (C=O) groups excluding carboxylic acids is 4. The maximum absolute atomic E-state index is 14.9. The van der Waals surface area contributed by atoms with Crippen molar-refractivity contribution < 1.29 is 122 Å². The number of ether oxygens (including phenoxy) is 8. The third-order valence-electron chi connectivity index (χ3n) is 22.9. The molecule has 0 amide bonds. The monoisotopic (exact) mass is 1650 g/mol. The van der Waals surface area contributed by atoms with Crippen molar-refractivity contribution in [3.63, 3.8) is 0 Å². The van der Waals surface area contributed by atoms with Crippen LogP contribution in [0.1, 0.15) is 407 Å². The summed E-state index contributed by atoms with van der Waals surface area (Å²) in [4.78, 5) is 66.3. The number of phosphoric acid groups is 1. The maximum Gasteiger partial charge on any atom is 0.472 e. The third kappa shape index (κ3) is 48.2. The molecule has 3 aliphatic rings. The molecule has 0 aromatic carbocycles. The zero-order valence-electron chi connectivity index (χ0n) is 71.4. The minimum absolute atomic E-state index is 0.0198. The van der Waals surface area contributed by atoms with Crippen LogP contribution >= 0.6 is 7.82 Å². The Labute approximate surface area is 687 Å². The second-order valence-electron chi connectivity index (χ2n) is 33.2. The lowest BCUT2D eigenvalue weighted by Gasteiger charge is -2.50. The van der Waals surface area contributed by atoms with E-state index >= 15 is 0 Å². The summed E-state index contributed by atoms with van der Waals surface area (Å²) >= 11 is 0. The van der Waals surface area contributed by atoms with Crippen LogP contribution in [0.4, 0.5) is 0 Å². The fraction of sp³-hybridized carbons (Fsp3) is 0.955. The predicted octanol–water partition coefficient (Wildman–Crippen LogP) is 16.6. The van der Waals surface area contributed by atoms with Crippen LogP contribution in [0.5, 0.6) is 0 Å². The van der Waals surface area contributed by atoms with E-state index < -0.39 is 162 Å². The number of phosphoric ester groups is 1. The van der Waals surface area contributed by atoms with Gasteiger partial charge < -0.3 is 88.7 Å². The van der Waals surface area contributed by atoms with Gasteiger partial charge in [-0.2, -0.15) is 0 Å². The molecule has 672 valence electrons. The molecule has 3 fully saturated rings.